The van der Waals surface area contributed by atoms with E-state index < -0.39 is 0 Å². The van der Waals surface area contributed by atoms with Crippen LogP contribution in [-0.2, 0) is 6.42 Å². The first-order valence-corrected chi connectivity index (χ1v) is 9.39. The van der Waals surface area contributed by atoms with E-state index in [9.17, 15) is 0 Å². The van der Waals surface area contributed by atoms with E-state index in [2.05, 4.69) is 97.3 Å². The molecular formula is C23H27N3. The van der Waals surface area contributed by atoms with E-state index in [0.717, 1.165) is 30.9 Å². The SMILES string of the molecule is CCc1cccc(N(CC)C(=N)N(CC)c2cccc3ccccc23)c1. The summed E-state index contributed by atoms with van der Waals surface area (Å²) in [6, 6.07) is 23.2. The van der Waals surface area contributed by atoms with E-state index in [1.807, 2.05) is 0 Å². The fourth-order valence-corrected chi connectivity index (χ4v) is 3.42. The maximum absolute atomic E-state index is 8.93. The summed E-state index contributed by atoms with van der Waals surface area (Å²) in [5, 5.41) is 11.3. The van der Waals surface area contributed by atoms with Crippen molar-refractivity contribution in [3.8, 4) is 0 Å². The summed E-state index contributed by atoms with van der Waals surface area (Å²) in [5.74, 6) is 0.514. The van der Waals surface area contributed by atoms with Crippen LogP contribution in [0.4, 0.5) is 11.4 Å². The van der Waals surface area contributed by atoms with Gasteiger partial charge in [-0.15, -0.1) is 0 Å². The number of hydrogen-bond donors (Lipinski definition) is 1. The summed E-state index contributed by atoms with van der Waals surface area (Å²) >= 11 is 0. The normalized spacial score (nSPS) is 10.7. The van der Waals surface area contributed by atoms with Gasteiger partial charge in [-0.2, -0.15) is 0 Å². The van der Waals surface area contributed by atoms with Gasteiger partial charge in [0.05, 0.1) is 5.69 Å². The molecule has 0 unspecified atom stereocenters. The zero-order valence-electron chi connectivity index (χ0n) is 15.9. The van der Waals surface area contributed by atoms with Gasteiger partial charge in [-0.1, -0.05) is 55.5 Å². The van der Waals surface area contributed by atoms with Crippen LogP contribution in [0.1, 0.15) is 26.3 Å². The fourth-order valence-electron chi connectivity index (χ4n) is 3.42. The van der Waals surface area contributed by atoms with Crippen LogP contribution in [0, 0.1) is 5.41 Å². The summed E-state index contributed by atoms with van der Waals surface area (Å²) in [7, 11) is 0. The smallest absolute Gasteiger partial charge is 0.202 e. The van der Waals surface area contributed by atoms with Crippen LogP contribution in [0.3, 0.4) is 0 Å². The lowest BCUT2D eigenvalue weighted by Crippen LogP contribution is -2.44. The van der Waals surface area contributed by atoms with Crippen molar-refractivity contribution in [3.05, 3.63) is 72.3 Å². The molecule has 0 radical (unpaired) electrons. The average Bonchev–Trinajstić information content (AvgIpc) is 2.69. The summed E-state index contributed by atoms with van der Waals surface area (Å²) in [6.45, 7) is 7.87. The highest BCUT2D eigenvalue weighted by molar-refractivity contribution is 6.10. The van der Waals surface area contributed by atoms with Crippen molar-refractivity contribution in [3.63, 3.8) is 0 Å². The molecule has 0 saturated carbocycles. The third kappa shape index (κ3) is 3.43. The minimum absolute atomic E-state index is 0.514. The molecule has 3 aromatic carbocycles. The van der Waals surface area contributed by atoms with Crippen molar-refractivity contribution < 1.29 is 0 Å². The lowest BCUT2D eigenvalue weighted by Gasteiger charge is -2.33. The second kappa shape index (κ2) is 8.05. The van der Waals surface area contributed by atoms with Gasteiger partial charge in [-0.05, 0) is 49.4 Å². The lowest BCUT2D eigenvalue weighted by atomic mass is 10.1. The van der Waals surface area contributed by atoms with E-state index in [0.29, 0.717) is 5.96 Å². The Morgan fingerprint density at radius 2 is 1.50 bits per heavy atom. The monoisotopic (exact) mass is 345 g/mol. The highest BCUT2D eigenvalue weighted by Crippen LogP contribution is 2.28. The van der Waals surface area contributed by atoms with Crippen LogP contribution in [0.5, 0.6) is 0 Å². The van der Waals surface area contributed by atoms with Gasteiger partial charge in [0.15, 0.2) is 0 Å². The minimum atomic E-state index is 0.514. The predicted molar refractivity (Wildman–Crippen MR) is 114 cm³/mol. The first kappa shape index (κ1) is 18.0. The predicted octanol–water partition coefficient (Wildman–Crippen LogP) is 5.69. The highest BCUT2D eigenvalue weighted by atomic mass is 15.4. The van der Waals surface area contributed by atoms with E-state index in [4.69, 9.17) is 5.41 Å². The first-order chi connectivity index (χ1) is 12.7. The molecule has 0 spiro atoms. The molecule has 0 aliphatic heterocycles. The molecule has 134 valence electrons. The molecule has 0 heterocycles. The minimum Gasteiger partial charge on any atom is -0.313 e. The third-order valence-corrected chi connectivity index (χ3v) is 4.83. The highest BCUT2D eigenvalue weighted by Gasteiger charge is 2.19. The molecule has 0 aliphatic carbocycles. The largest absolute Gasteiger partial charge is 0.313 e. The topological polar surface area (TPSA) is 30.3 Å². The molecule has 3 aromatic rings. The molecule has 26 heavy (non-hydrogen) atoms. The van der Waals surface area contributed by atoms with Crippen molar-refractivity contribution in [1.82, 2.24) is 0 Å². The molecule has 0 atom stereocenters. The molecule has 3 rings (SSSR count). The van der Waals surface area contributed by atoms with Crippen LogP contribution < -0.4 is 9.80 Å². The summed E-state index contributed by atoms with van der Waals surface area (Å²) in [6.07, 6.45) is 1.000. The summed E-state index contributed by atoms with van der Waals surface area (Å²) < 4.78 is 0. The molecular weight excluding hydrogens is 318 g/mol. The van der Waals surface area contributed by atoms with E-state index in [1.54, 1.807) is 0 Å². The van der Waals surface area contributed by atoms with Crippen molar-refractivity contribution in [2.75, 3.05) is 22.9 Å². The Balaban J connectivity index is 2.01. The number of guanidine groups is 1. The Kier molecular flexibility index (Phi) is 5.57. The van der Waals surface area contributed by atoms with E-state index in [-0.39, 0.29) is 0 Å². The molecule has 0 aromatic heterocycles. The maximum atomic E-state index is 8.93. The number of nitrogens with one attached hydrogen (secondary N) is 1. The molecule has 0 fully saturated rings. The van der Waals surface area contributed by atoms with Crippen molar-refractivity contribution in [1.29, 1.82) is 5.41 Å². The number of aryl methyl sites for hydroxylation is 1. The summed E-state index contributed by atoms with van der Waals surface area (Å²) in [5.41, 5.74) is 3.46. The number of benzene rings is 3. The standard InChI is InChI=1S/C23H27N3/c1-4-18-11-9-14-20(17-18)25(5-2)23(24)26(6-3)22-16-10-13-19-12-7-8-15-21(19)22/h7-17,24H,4-6H2,1-3H3. The Labute approximate surface area is 156 Å². The zero-order chi connectivity index (χ0) is 18.5. The van der Waals surface area contributed by atoms with Gasteiger partial charge in [0.1, 0.15) is 0 Å². The van der Waals surface area contributed by atoms with Crippen molar-refractivity contribution in [2.45, 2.75) is 27.2 Å². The third-order valence-electron chi connectivity index (χ3n) is 4.83. The van der Waals surface area contributed by atoms with Crippen LogP contribution in [0.25, 0.3) is 10.8 Å². The van der Waals surface area contributed by atoms with Gasteiger partial charge in [-0.25, -0.2) is 0 Å². The quantitative estimate of drug-likeness (QED) is 0.475. The second-order valence-electron chi connectivity index (χ2n) is 6.33. The number of anilines is 2. The molecule has 0 aliphatic rings. The Morgan fingerprint density at radius 3 is 2.23 bits per heavy atom. The van der Waals surface area contributed by atoms with E-state index >= 15 is 0 Å². The van der Waals surface area contributed by atoms with Gasteiger partial charge in [0.2, 0.25) is 5.96 Å². The maximum Gasteiger partial charge on any atom is 0.202 e. The number of hydrogen-bond acceptors (Lipinski definition) is 1. The van der Waals surface area contributed by atoms with Gasteiger partial charge in [-0.3, -0.25) is 5.41 Å². The molecule has 0 saturated heterocycles. The summed E-state index contributed by atoms with van der Waals surface area (Å²) in [4.78, 5) is 4.16. The van der Waals surface area contributed by atoms with E-state index in [1.165, 1.54) is 16.3 Å². The van der Waals surface area contributed by atoms with Crippen LogP contribution in [0.15, 0.2) is 66.7 Å². The average molecular weight is 345 g/mol. The lowest BCUT2D eigenvalue weighted by molar-refractivity contribution is 0.959. The number of nitrogens with zero attached hydrogens (tertiary/aromatic N) is 2. The van der Waals surface area contributed by atoms with Gasteiger partial charge < -0.3 is 9.80 Å². The zero-order valence-corrected chi connectivity index (χ0v) is 15.9. The number of fused-ring (bicyclic) bond motifs is 1. The van der Waals surface area contributed by atoms with Crippen molar-refractivity contribution in [2.24, 2.45) is 0 Å². The van der Waals surface area contributed by atoms with Crippen molar-refractivity contribution >= 4 is 28.1 Å². The molecule has 3 heteroatoms. The molecule has 0 bridgehead atoms. The molecule has 0 amide bonds. The van der Waals surface area contributed by atoms with Gasteiger partial charge >= 0.3 is 0 Å². The van der Waals surface area contributed by atoms with Gasteiger partial charge in [0, 0.05) is 24.2 Å². The Hall–Kier alpha value is -2.81. The van der Waals surface area contributed by atoms with Crippen LogP contribution in [0.2, 0.25) is 0 Å². The Morgan fingerprint density at radius 1 is 0.808 bits per heavy atom. The van der Waals surface area contributed by atoms with Crippen LogP contribution >= 0.6 is 0 Å². The first-order valence-electron chi connectivity index (χ1n) is 9.39. The Bertz CT molecular complexity index is 895. The fraction of sp³-hybridized carbons (Fsp3) is 0.261. The van der Waals surface area contributed by atoms with Crippen LogP contribution in [-0.4, -0.2) is 19.0 Å². The van der Waals surface area contributed by atoms with Gasteiger partial charge in [0.25, 0.3) is 0 Å². The molecule has 3 nitrogen and oxygen atoms in total. The molecule has 1 N–H and O–H groups in total. The number of rotatable bonds is 5. The second-order valence-corrected chi connectivity index (χ2v) is 6.33.